The minimum Gasteiger partial charge on any atom is -0.393 e. The molecule has 0 spiro atoms. The van der Waals surface area contributed by atoms with E-state index in [0.717, 1.165) is 12.1 Å². The Morgan fingerprint density at radius 3 is 2.65 bits per heavy atom. The van der Waals surface area contributed by atoms with Gasteiger partial charge in [-0.1, -0.05) is 26.7 Å². The van der Waals surface area contributed by atoms with Crippen molar-refractivity contribution in [3.05, 3.63) is 28.3 Å². The molecule has 5 heteroatoms. The molecule has 0 amide bonds. The fraction of sp³-hybridized carbons (Fsp3) is 0.600. The van der Waals surface area contributed by atoms with Crippen LogP contribution in [0.2, 0.25) is 0 Å². The summed E-state index contributed by atoms with van der Waals surface area (Å²) in [6.07, 6.45) is 4.93. The third kappa shape index (κ3) is 3.21. The summed E-state index contributed by atoms with van der Waals surface area (Å²) in [7, 11) is 0. The highest BCUT2D eigenvalue weighted by molar-refractivity contribution is 5.66. The first-order valence-corrected chi connectivity index (χ1v) is 7.29. The molecular formula is C15H23N3O2. The second-order valence-electron chi connectivity index (χ2n) is 5.97. The van der Waals surface area contributed by atoms with Crippen LogP contribution in [-0.4, -0.2) is 11.0 Å². The van der Waals surface area contributed by atoms with E-state index in [4.69, 9.17) is 5.73 Å². The third-order valence-electron chi connectivity index (χ3n) is 4.25. The van der Waals surface area contributed by atoms with Crippen molar-refractivity contribution in [2.24, 2.45) is 11.8 Å². The zero-order valence-electron chi connectivity index (χ0n) is 12.1. The predicted octanol–water partition coefficient (Wildman–Crippen LogP) is 3.80. The highest BCUT2D eigenvalue weighted by atomic mass is 16.6. The van der Waals surface area contributed by atoms with Gasteiger partial charge in [0.15, 0.2) is 0 Å². The number of nitro groups is 1. The Hall–Kier alpha value is -1.78. The van der Waals surface area contributed by atoms with Gasteiger partial charge in [-0.25, -0.2) is 0 Å². The summed E-state index contributed by atoms with van der Waals surface area (Å²) >= 11 is 0. The van der Waals surface area contributed by atoms with E-state index in [2.05, 4.69) is 19.2 Å². The molecule has 2 unspecified atom stereocenters. The van der Waals surface area contributed by atoms with Gasteiger partial charge in [-0.3, -0.25) is 10.1 Å². The van der Waals surface area contributed by atoms with Crippen molar-refractivity contribution >= 4 is 17.1 Å². The number of nitrogen functional groups attached to an aromatic ring is 1. The van der Waals surface area contributed by atoms with Gasteiger partial charge in [-0.2, -0.15) is 0 Å². The lowest BCUT2D eigenvalue weighted by Crippen LogP contribution is -2.35. The first-order valence-electron chi connectivity index (χ1n) is 7.29. The first kappa shape index (κ1) is 14.6. The summed E-state index contributed by atoms with van der Waals surface area (Å²) in [6.45, 7) is 4.52. The molecule has 0 bridgehead atoms. The number of nitrogens with zero attached hydrogens (tertiary/aromatic N) is 1. The number of nitrogens with one attached hydrogen (secondary N) is 1. The molecule has 3 N–H and O–H groups in total. The summed E-state index contributed by atoms with van der Waals surface area (Å²) in [5, 5.41) is 14.3. The van der Waals surface area contributed by atoms with Gasteiger partial charge in [0.25, 0.3) is 5.69 Å². The highest BCUT2D eigenvalue weighted by Crippen LogP contribution is 2.33. The van der Waals surface area contributed by atoms with Crippen molar-refractivity contribution in [2.75, 3.05) is 11.1 Å². The number of anilines is 2. The van der Waals surface area contributed by atoms with Crippen molar-refractivity contribution in [1.29, 1.82) is 0 Å². The molecule has 1 saturated carbocycles. The molecule has 0 aromatic heterocycles. The van der Waals surface area contributed by atoms with Gasteiger partial charge in [-0.15, -0.1) is 0 Å². The minimum atomic E-state index is -0.448. The molecule has 2 atom stereocenters. The van der Waals surface area contributed by atoms with E-state index >= 15 is 0 Å². The number of rotatable bonds is 4. The largest absolute Gasteiger partial charge is 0.393 e. The number of hydrogen-bond donors (Lipinski definition) is 2. The molecule has 1 aliphatic carbocycles. The Morgan fingerprint density at radius 1 is 1.35 bits per heavy atom. The van der Waals surface area contributed by atoms with Crippen LogP contribution < -0.4 is 11.1 Å². The number of benzene rings is 1. The van der Waals surface area contributed by atoms with E-state index in [1.807, 2.05) is 0 Å². The van der Waals surface area contributed by atoms with Crippen molar-refractivity contribution in [2.45, 2.75) is 45.6 Å². The van der Waals surface area contributed by atoms with Gasteiger partial charge in [0.1, 0.15) is 5.69 Å². The summed E-state index contributed by atoms with van der Waals surface area (Å²) < 4.78 is 0. The molecule has 0 radical (unpaired) electrons. The highest BCUT2D eigenvalue weighted by Gasteiger charge is 2.27. The third-order valence-corrected chi connectivity index (χ3v) is 4.25. The van der Waals surface area contributed by atoms with Crippen LogP contribution in [0.15, 0.2) is 18.2 Å². The second-order valence-corrected chi connectivity index (χ2v) is 5.97. The van der Waals surface area contributed by atoms with Crippen LogP contribution in [0, 0.1) is 22.0 Å². The molecule has 110 valence electrons. The fourth-order valence-corrected chi connectivity index (χ4v) is 3.16. The lowest BCUT2D eigenvalue weighted by atomic mass is 9.78. The number of nitro benzene ring substituents is 1. The Kier molecular flexibility index (Phi) is 4.47. The van der Waals surface area contributed by atoms with E-state index in [9.17, 15) is 10.1 Å². The summed E-state index contributed by atoms with van der Waals surface area (Å²) in [6, 6.07) is 5.33. The number of nitrogens with two attached hydrogens (primary N) is 1. The van der Waals surface area contributed by atoms with Crippen LogP contribution in [0.3, 0.4) is 0 Å². The maximum absolute atomic E-state index is 10.8. The Labute approximate surface area is 119 Å². The fourth-order valence-electron chi connectivity index (χ4n) is 3.16. The second kappa shape index (κ2) is 6.11. The Morgan fingerprint density at radius 2 is 2.05 bits per heavy atom. The van der Waals surface area contributed by atoms with Gasteiger partial charge in [0.2, 0.25) is 0 Å². The van der Waals surface area contributed by atoms with E-state index in [-0.39, 0.29) is 11.4 Å². The van der Waals surface area contributed by atoms with Crippen molar-refractivity contribution in [3.8, 4) is 0 Å². The van der Waals surface area contributed by atoms with E-state index in [1.54, 1.807) is 12.1 Å². The molecule has 2 rings (SSSR count). The quantitative estimate of drug-likeness (QED) is 0.498. The molecule has 1 aliphatic rings. The molecule has 0 heterocycles. The maximum atomic E-state index is 10.8. The standard InChI is InChI=1S/C15H23N3O2/c1-10(2)12-5-3-4-6-14(12)17-11-7-8-15(18(19)20)13(16)9-11/h7-10,12,14,17H,3-6,16H2,1-2H3. The van der Waals surface area contributed by atoms with Crippen LogP contribution in [-0.2, 0) is 0 Å². The van der Waals surface area contributed by atoms with Crippen LogP contribution >= 0.6 is 0 Å². The molecule has 5 nitrogen and oxygen atoms in total. The molecule has 20 heavy (non-hydrogen) atoms. The van der Waals surface area contributed by atoms with Gasteiger partial charge < -0.3 is 11.1 Å². The van der Waals surface area contributed by atoms with Crippen molar-refractivity contribution in [3.63, 3.8) is 0 Å². The van der Waals surface area contributed by atoms with Crippen LogP contribution in [0.1, 0.15) is 39.5 Å². The molecule has 1 fully saturated rings. The molecule has 1 aromatic carbocycles. The summed E-state index contributed by atoms with van der Waals surface area (Å²) in [5.41, 5.74) is 6.81. The average Bonchev–Trinajstić information content (AvgIpc) is 2.38. The smallest absolute Gasteiger partial charge is 0.292 e. The lowest BCUT2D eigenvalue weighted by molar-refractivity contribution is -0.383. The number of hydrogen-bond acceptors (Lipinski definition) is 4. The first-order chi connectivity index (χ1) is 9.49. The lowest BCUT2D eigenvalue weighted by Gasteiger charge is -2.35. The van der Waals surface area contributed by atoms with Crippen molar-refractivity contribution in [1.82, 2.24) is 0 Å². The Balaban J connectivity index is 2.12. The van der Waals surface area contributed by atoms with Crippen LogP contribution in [0.4, 0.5) is 17.1 Å². The van der Waals surface area contributed by atoms with E-state index < -0.39 is 4.92 Å². The molecular weight excluding hydrogens is 254 g/mol. The van der Waals surface area contributed by atoms with Gasteiger partial charge >= 0.3 is 0 Å². The van der Waals surface area contributed by atoms with E-state index in [1.165, 1.54) is 25.3 Å². The van der Waals surface area contributed by atoms with Crippen molar-refractivity contribution < 1.29 is 4.92 Å². The topological polar surface area (TPSA) is 81.2 Å². The van der Waals surface area contributed by atoms with Gasteiger partial charge in [0.05, 0.1) is 4.92 Å². The Bertz CT molecular complexity index is 488. The zero-order chi connectivity index (χ0) is 14.7. The van der Waals surface area contributed by atoms with Crippen LogP contribution in [0.5, 0.6) is 0 Å². The molecule has 1 aromatic rings. The minimum absolute atomic E-state index is 0.0281. The summed E-state index contributed by atoms with van der Waals surface area (Å²) in [5.74, 6) is 1.29. The molecule has 0 aliphatic heterocycles. The van der Waals surface area contributed by atoms with Gasteiger partial charge in [0, 0.05) is 17.8 Å². The van der Waals surface area contributed by atoms with E-state index in [0.29, 0.717) is 17.9 Å². The average molecular weight is 277 g/mol. The normalized spacial score (nSPS) is 22.8. The summed E-state index contributed by atoms with van der Waals surface area (Å²) in [4.78, 5) is 10.3. The van der Waals surface area contributed by atoms with Gasteiger partial charge in [-0.05, 0) is 36.8 Å². The SMILES string of the molecule is CC(C)C1CCCCC1Nc1ccc([N+](=O)[O-])c(N)c1. The zero-order valence-corrected chi connectivity index (χ0v) is 12.1. The monoisotopic (exact) mass is 277 g/mol. The maximum Gasteiger partial charge on any atom is 0.292 e. The predicted molar refractivity (Wildman–Crippen MR) is 81.7 cm³/mol. The van der Waals surface area contributed by atoms with Crippen LogP contribution in [0.25, 0.3) is 0 Å². The molecule has 0 saturated heterocycles.